The van der Waals surface area contributed by atoms with Crippen molar-refractivity contribution in [2.75, 3.05) is 13.6 Å². The predicted molar refractivity (Wildman–Crippen MR) is 69.6 cm³/mol. The molecular formula is C13H24N2O. The summed E-state index contributed by atoms with van der Waals surface area (Å²) in [7, 11) is 1.77. The first kappa shape index (κ1) is 17.0. The van der Waals surface area contributed by atoms with Gasteiger partial charge in [0.25, 0.3) is 5.91 Å². The lowest BCUT2D eigenvalue weighted by Crippen LogP contribution is -2.26. The largest absolute Gasteiger partial charge is 0.342 e. The molecule has 0 saturated carbocycles. The molecule has 0 spiro atoms. The van der Waals surface area contributed by atoms with Gasteiger partial charge in [-0.05, 0) is 19.1 Å². The Bertz CT molecular complexity index is 260. The molecule has 1 aromatic rings. The van der Waals surface area contributed by atoms with Crippen LogP contribution in [0.15, 0.2) is 24.5 Å². The summed E-state index contributed by atoms with van der Waals surface area (Å²) in [5.41, 5.74) is 0.641. The smallest absolute Gasteiger partial charge is 0.255 e. The molecule has 0 N–H and O–H groups in total. The fourth-order valence-electron chi connectivity index (χ4n) is 0.853. The monoisotopic (exact) mass is 224 g/mol. The van der Waals surface area contributed by atoms with Crippen LogP contribution in [0.5, 0.6) is 0 Å². The van der Waals surface area contributed by atoms with E-state index in [1.54, 1.807) is 36.5 Å². The highest BCUT2D eigenvalue weighted by Gasteiger charge is 2.08. The van der Waals surface area contributed by atoms with Gasteiger partial charge in [0.1, 0.15) is 0 Å². The molecule has 0 bridgehead atoms. The lowest BCUT2D eigenvalue weighted by molar-refractivity contribution is 0.0802. The molecule has 0 aliphatic carbocycles. The molecule has 0 fully saturated rings. The maximum absolute atomic E-state index is 11.5. The van der Waals surface area contributed by atoms with E-state index < -0.39 is 0 Å². The van der Waals surface area contributed by atoms with Crippen LogP contribution in [0.1, 0.15) is 45.0 Å². The number of nitrogens with zero attached hydrogens (tertiary/aromatic N) is 2. The zero-order chi connectivity index (χ0) is 13.0. The zero-order valence-corrected chi connectivity index (χ0v) is 11.3. The van der Waals surface area contributed by atoms with E-state index >= 15 is 0 Å². The number of hydrogen-bond donors (Lipinski definition) is 0. The highest BCUT2D eigenvalue weighted by atomic mass is 16.2. The minimum Gasteiger partial charge on any atom is -0.342 e. The second kappa shape index (κ2) is 11.7. The average molecular weight is 224 g/mol. The minimum atomic E-state index is 0.0191. The van der Waals surface area contributed by atoms with Gasteiger partial charge in [0, 0.05) is 26.0 Å². The van der Waals surface area contributed by atoms with Crippen LogP contribution in [-0.4, -0.2) is 29.4 Å². The van der Waals surface area contributed by atoms with Crippen LogP contribution < -0.4 is 0 Å². The fraction of sp³-hybridized carbons (Fsp3) is 0.538. The van der Waals surface area contributed by atoms with Crippen molar-refractivity contribution in [3.8, 4) is 0 Å². The molecule has 16 heavy (non-hydrogen) atoms. The third kappa shape index (κ3) is 6.17. The molecule has 0 unspecified atom stereocenters. The van der Waals surface area contributed by atoms with Crippen molar-refractivity contribution in [3.63, 3.8) is 0 Å². The molecule has 1 heterocycles. The average Bonchev–Trinajstić information content (AvgIpc) is 2.42. The lowest BCUT2D eigenvalue weighted by atomic mass is 10.2. The summed E-state index contributed by atoms with van der Waals surface area (Å²) in [6.07, 6.45) is 3.23. The van der Waals surface area contributed by atoms with E-state index in [9.17, 15) is 4.79 Å². The van der Waals surface area contributed by atoms with Gasteiger partial charge in [0.15, 0.2) is 0 Å². The zero-order valence-electron chi connectivity index (χ0n) is 11.3. The van der Waals surface area contributed by atoms with Crippen molar-refractivity contribution in [1.82, 2.24) is 9.88 Å². The molecule has 0 atom stereocenters. The molecule has 0 aliphatic heterocycles. The van der Waals surface area contributed by atoms with Crippen molar-refractivity contribution in [3.05, 3.63) is 30.1 Å². The summed E-state index contributed by atoms with van der Waals surface area (Å²) < 4.78 is 0. The van der Waals surface area contributed by atoms with Crippen LogP contribution >= 0.6 is 0 Å². The van der Waals surface area contributed by atoms with Crippen molar-refractivity contribution in [2.24, 2.45) is 0 Å². The molecule has 0 saturated heterocycles. The third-order valence-electron chi connectivity index (χ3n) is 1.73. The van der Waals surface area contributed by atoms with Crippen LogP contribution in [0.3, 0.4) is 0 Å². The van der Waals surface area contributed by atoms with Crippen LogP contribution in [0, 0.1) is 0 Å². The molecule has 1 aromatic heterocycles. The molecule has 0 aromatic carbocycles. The number of aromatic nitrogens is 1. The van der Waals surface area contributed by atoms with Crippen molar-refractivity contribution in [2.45, 2.75) is 34.6 Å². The molecule has 1 amide bonds. The van der Waals surface area contributed by atoms with E-state index in [1.807, 2.05) is 34.6 Å². The van der Waals surface area contributed by atoms with E-state index in [0.29, 0.717) is 12.1 Å². The Morgan fingerprint density at radius 2 is 1.88 bits per heavy atom. The normalized spacial score (nSPS) is 7.88. The number of amides is 1. The topological polar surface area (TPSA) is 33.2 Å². The Kier molecular flexibility index (Phi) is 12.4. The van der Waals surface area contributed by atoms with Gasteiger partial charge < -0.3 is 4.90 Å². The third-order valence-corrected chi connectivity index (χ3v) is 1.73. The number of carbonyl (C=O) groups excluding carboxylic acids is 1. The highest BCUT2D eigenvalue weighted by Crippen LogP contribution is 1.99. The van der Waals surface area contributed by atoms with Gasteiger partial charge in [0.05, 0.1) is 5.56 Å². The molecular weight excluding hydrogens is 200 g/mol. The standard InChI is InChI=1S/C9H12N2O.2C2H6/c1-3-11(2)9(12)8-5-4-6-10-7-8;2*1-2/h4-7H,3H2,1-2H3;2*1-2H3. The number of pyridine rings is 1. The van der Waals surface area contributed by atoms with Gasteiger partial charge in [-0.3, -0.25) is 9.78 Å². The molecule has 92 valence electrons. The van der Waals surface area contributed by atoms with Crippen LogP contribution in [0.4, 0.5) is 0 Å². The number of rotatable bonds is 2. The predicted octanol–water partition coefficient (Wildman–Crippen LogP) is 3.23. The first-order chi connectivity index (χ1) is 7.75. The van der Waals surface area contributed by atoms with Gasteiger partial charge in [-0.15, -0.1) is 0 Å². The molecule has 3 heteroatoms. The maximum atomic E-state index is 11.5. The lowest BCUT2D eigenvalue weighted by Gasteiger charge is -2.13. The molecule has 0 radical (unpaired) electrons. The SMILES string of the molecule is CC.CC.CCN(C)C(=O)c1cccnc1. The van der Waals surface area contributed by atoms with E-state index in [0.717, 1.165) is 0 Å². The Hall–Kier alpha value is -1.38. The molecule has 1 rings (SSSR count). The van der Waals surface area contributed by atoms with E-state index in [4.69, 9.17) is 0 Å². The summed E-state index contributed by atoms with van der Waals surface area (Å²) in [5, 5.41) is 0. The van der Waals surface area contributed by atoms with Crippen LogP contribution in [-0.2, 0) is 0 Å². The van der Waals surface area contributed by atoms with Crippen molar-refractivity contribution in [1.29, 1.82) is 0 Å². The number of hydrogen-bond acceptors (Lipinski definition) is 2. The summed E-state index contributed by atoms with van der Waals surface area (Å²) in [6.45, 7) is 10.7. The van der Waals surface area contributed by atoms with Crippen LogP contribution in [0.25, 0.3) is 0 Å². The Morgan fingerprint density at radius 3 is 2.25 bits per heavy atom. The van der Waals surface area contributed by atoms with Gasteiger partial charge in [0.2, 0.25) is 0 Å². The van der Waals surface area contributed by atoms with E-state index in [2.05, 4.69) is 4.98 Å². The molecule has 3 nitrogen and oxygen atoms in total. The van der Waals surface area contributed by atoms with Gasteiger partial charge in [-0.1, -0.05) is 27.7 Å². The van der Waals surface area contributed by atoms with Crippen LogP contribution in [0.2, 0.25) is 0 Å². The van der Waals surface area contributed by atoms with Crippen molar-refractivity contribution < 1.29 is 4.79 Å². The summed E-state index contributed by atoms with van der Waals surface area (Å²) in [6, 6.07) is 3.53. The van der Waals surface area contributed by atoms with E-state index in [-0.39, 0.29) is 5.91 Å². The summed E-state index contributed by atoms with van der Waals surface area (Å²) in [4.78, 5) is 17.0. The Labute approximate surface area is 99.5 Å². The van der Waals surface area contributed by atoms with Gasteiger partial charge in [-0.2, -0.15) is 0 Å². The summed E-state index contributed by atoms with van der Waals surface area (Å²) >= 11 is 0. The second-order valence-corrected chi connectivity index (χ2v) is 2.56. The van der Waals surface area contributed by atoms with Crippen molar-refractivity contribution >= 4 is 5.91 Å². The molecule has 0 aliphatic rings. The second-order valence-electron chi connectivity index (χ2n) is 2.56. The number of carbonyl (C=O) groups is 1. The summed E-state index contributed by atoms with van der Waals surface area (Å²) in [5.74, 6) is 0.0191. The maximum Gasteiger partial charge on any atom is 0.255 e. The first-order valence-electron chi connectivity index (χ1n) is 5.91. The highest BCUT2D eigenvalue weighted by molar-refractivity contribution is 5.93. The minimum absolute atomic E-state index is 0.0191. The van der Waals surface area contributed by atoms with Gasteiger partial charge in [-0.25, -0.2) is 0 Å². The Morgan fingerprint density at radius 1 is 1.31 bits per heavy atom. The van der Waals surface area contributed by atoms with Gasteiger partial charge >= 0.3 is 0 Å². The Balaban J connectivity index is 0. The first-order valence-corrected chi connectivity index (χ1v) is 5.91. The fourth-order valence-corrected chi connectivity index (χ4v) is 0.853. The quantitative estimate of drug-likeness (QED) is 0.772. The van der Waals surface area contributed by atoms with E-state index in [1.165, 1.54) is 0 Å².